The molecule has 7 heteroatoms. The molecule has 1 aromatic heterocycles. The second kappa shape index (κ2) is 11.4. The molecule has 0 saturated carbocycles. The van der Waals surface area contributed by atoms with Gasteiger partial charge in [-0.1, -0.05) is 18.2 Å². The first-order chi connectivity index (χ1) is 17.0. The summed E-state index contributed by atoms with van der Waals surface area (Å²) in [5.41, 5.74) is 4.80. The number of aryl methyl sites for hydroxylation is 2. The number of nitrogens with one attached hydrogen (secondary N) is 1. The molecule has 0 atom stereocenters. The van der Waals surface area contributed by atoms with Crippen LogP contribution in [0.3, 0.4) is 0 Å². The van der Waals surface area contributed by atoms with E-state index < -0.39 is 0 Å². The van der Waals surface area contributed by atoms with E-state index in [-0.39, 0.29) is 5.91 Å². The summed E-state index contributed by atoms with van der Waals surface area (Å²) in [6.07, 6.45) is 4.35. The van der Waals surface area contributed by atoms with Crippen molar-refractivity contribution in [1.29, 1.82) is 0 Å². The van der Waals surface area contributed by atoms with Crippen molar-refractivity contribution in [1.82, 2.24) is 14.7 Å². The average Bonchev–Trinajstić information content (AvgIpc) is 3.16. The minimum Gasteiger partial charge on any atom is -0.497 e. The summed E-state index contributed by atoms with van der Waals surface area (Å²) in [6.45, 7) is 6.23. The molecule has 1 fully saturated rings. The lowest BCUT2D eigenvalue weighted by molar-refractivity contribution is -0.117. The minimum absolute atomic E-state index is 0.0192. The molecule has 2 heterocycles. The molecule has 4 rings (SSSR count). The molecule has 1 aliphatic rings. The van der Waals surface area contributed by atoms with E-state index in [4.69, 9.17) is 9.47 Å². The number of ether oxygens (including phenoxy) is 2. The summed E-state index contributed by atoms with van der Waals surface area (Å²) in [4.78, 5) is 15.1. The maximum absolute atomic E-state index is 12.8. The van der Waals surface area contributed by atoms with Gasteiger partial charge in [0.15, 0.2) is 0 Å². The van der Waals surface area contributed by atoms with Crippen molar-refractivity contribution >= 4 is 11.6 Å². The quantitative estimate of drug-likeness (QED) is 0.481. The summed E-state index contributed by atoms with van der Waals surface area (Å²) in [5.74, 6) is 2.35. The average molecular weight is 477 g/mol. The molecule has 0 spiro atoms. The molecule has 0 unspecified atom stereocenters. The monoisotopic (exact) mass is 476 g/mol. The van der Waals surface area contributed by atoms with Crippen LogP contribution in [-0.2, 0) is 11.2 Å². The number of hydrogen-bond acceptors (Lipinski definition) is 5. The smallest absolute Gasteiger partial charge is 0.238 e. The topological polar surface area (TPSA) is 68.6 Å². The van der Waals surface area contributed by atoms with Gasteiger partial charge in [0, 0.05) is 6.07 Å². The van der Waals surface area contributed by atoms with Gasteiger partial charge in [-0.25, -0.2) is 4.68 Å². The fraction of sp³-hybridized carbons (Fsp3) is 0.429. The van der Waals surface area contributed by atoms with Crippen molar-refractivity contribution in [2.75, 3.05) is 39.2 Å². The van der Waals surface area contributed by atoms with Gasteiger partial charge in [-0.2, -0.15) is 5.10 Å². The highest BCUT2D eigenvalue weighted by atomic mass is 16.5. The predicted molar refractivity (Wildman–Crippen MR) is 139 cm³/mol. The summed E-state index contributed by atoms with van der Waals surface area (Å²) >= 11 is 0. The Bertz CT molecular complexity index is 1110. The van der Waals surface area contributed by atoms with E-state index in [2.05, 4.69) is 27.4 Å². The van der Waals surface area contributed by atoms with Crippen LogP contribution in [0.15, 0.2) is 48.5 Å². The number of nitrogens with zero attached hydrogens (tertiary/aromatic N) is 3. The second-order valence-electron chi connectivity index (χ2n) is 9.32. The van der Waals surface area contributed by atoms with Crippen molar-refractivity contribution in [3.05, 3.63) is 65.5 Å². The zero-order valence-electron chi connectivity index (χ0n) is 21.2. The van der Waals surface area contributed by atoms with Crippen LogP contribution in [0, 0.1) is 19.8 Å². The van der Waals surface area contributed by atoms with Crippen molar-refractivity contribution < 1.29 is 14.3 Å². The molecule has 35 heavy (non-hydrogen) atoms. The maximum Gasteiger partial charge on any atom is 0.238 e. The Hall–Kier alpha value is -3.32. The Morgan fingerprint density at radius 3 is 2.31 bits per heavy atom. The van der Waals surface area contributed by atoms with Crippen molar-refractivity contribution in [3.63, 3.8) is 0 Å². The molecular weight excluding hydrogens is 440 g/mol. The Balaban J connectivity index is 1.26. The zero-order valence-corrected chi connectivity index (χ0v) is 21.2. The standard InChI is InChI=1S/C28H36N4O3/c1-20-28(21(2)32(30-20)24-8-6-5-7-9-24)29-27(33)19-31-14-12-22(13-15-31)10-11-23-16-25(34-3)18-26(17-23)35-4/h5-9,16-18,22H,10-15,19H2,1-4H3,(H,29,33). The van der Waals surface area contributed by atoms with E-state index >= 15 is 0 Å². The van der Waals surface area contributed by atoms with Crippen LogP contribution in [0.1, 0.15) is 36.2 Å². The molecule has 2 aromatic carbocycles. The van der Waals surface area contributed by atoms with Crippen molar-refractivity contribution in [3.8, 4) is 17.2 Å². The summed E-state index contributed by atoms with van der Waals surface area (Å²) in [5, 5.41) is 7.74. The van der Waals surface area contributed by atoms with Crippen molar-refractivity contribution in [2.24, 2.45) is 5.92 Å². The van der Waals surface area contributed by atoms with Crippen LogP contribution in [0.2, 0.25) is 0 Å². The highest BCUT2D eigenvalue weighted by Crippen LogP contribution is 2.27. The molecule has 1 saturated heterocycles. The van der Waals surface area contributed by atoms with E-state index in [1.807, 2.05) is 54.9 Å². The van der Waals surface area contributed by atoms with Gasteiger partial charge in [-0.3, -0.25) is 9.69 Å². The second-order valence-corrected chi connectivity index (χ2v) is 9.32. The molecular formula is C28H36N4O3. The van der Waals surface area contributed by atoms with Gasteiger partial charge >= 0.3 is 0 Å². The number of anilines is 1. The van der Waals surface area contributed by atoms with Gasteiger partial charge in [0.25, 0.3) is 0 Å². The van der Waals surface area contributed by atoms with Crippen molar-refractivity contribution in [2.45, 2.75) is 39.5 Å². The number of methoxy groups -OCH3 is 2. The SMILES string of the molecule is COc1cc(CCC2CCN(CC(=O)Nc3c(C)nn(-c4ccccc4)c3C)CC2)cc(OC)c1. The predicted octanol–water partition coefficient (Wildman–Crippen LogP) is 4.79. The molecule has 1 amide bonds. The Kier molecular flexibility index (Phi) is 8.08. The molecule has 0 radical (unpaired) electrons. The number of likely N-dealkylation sites (tertiary alicyclic amines) is 1. The molecule has 1 N–H and O–H groups in total. The maximum atomic E-state index is 12.8. The number of piperidine rings is 1. The van der Waals surface area contributed by atoms with Crippen LogP contribution in [0.5, 0.6) is 11.5 Å². The highest BCUT2D eigenvalue weighted by Gasteiger charge is 2.22. The van der Waals surface area contributed by atoms with E-state index in [1.54, 1.807) is 14.2 Å². The zero-order chi connectivity index (χ0) is 24.8. The van der Waals surface area contributed by atoms with Gasteiger partial charge in [-0.05, 0) is 88.4 Å². The molecule has 0 bridgehead atoms. The third kappa shape index (κ3) is 6.22. The van der Waals surface area contributed by atoms with Crippen LogP contribution in [0.25, 0.3) is 5.69 Å². The molecule has 3 aromatic rings. The van der Waals surface area contributed by atoms with E-state index in [0.717, 1.165) is 73.0 Å². The Labute approximate surface area is 208 Å². The molecule has 0 aliphatic carbocycles. The summed E-state index contributed by atoms with van der Waals surface area (Å²) < 4.78 is 12.7. The third-order valence-electron chi connectivity index (χ3n) is 6.88. The van der Waals surface area contributed by atoms with E-state index in [0.29, 0.717) is 12.5 Å². The van der Waals surface area contributed by atoms with Crippen LogP contribution < -0.4 is 14.8 Å². The largest absolute Gasteiger partial charge is 0.497 e. The number of rotatable bonds is 9. The lowest BCUT2D eigenvalue weighted by Gasteiger charge is -2.31. The highest BCUT2D eigenvalue weighted by molar-refractivity contribution is 5.93. The number of hydrogen-bond donors (Lipinski definition) is 1. The first-order valence-corrected chi connectivity index (χ1v) is 12.3. The number of carbonyl (C=O) groups excluding carboxylic acids is 1. The fourth-order valence-electron chi connectivity index (χ4n) is 4.84. The number of carbonyl (C=O) groups is 1. The number of benzene rings is 2. The Morgan fingerprint density at radius 1 is 1.03 bits per heavy atom. The lowest BCUT2D eigenvalue weighted by atomic mass is 9.90. The van der Waals surface area contributed by atoms with Gasteiger partial charge in [0.05, 0.1) is 43.5 Å². The van der Waals surface area contributed by atoms with Gasteiger partial charge in [0.2, 0.25) is 5.91 Å². The van der Waals surface area contributed by atoms with E-state index in [1.165, 1.54) is 5.56 Å². The van der Waals surface area contributed by atoms with Gasteiger partial charge in [0.1, 0.15) is 11.5 Å². The molecule has 1 aliphatic heterocycles. The third-order valence-corrected chi connectivity index (χ3v) is 6.88. The normalized spacial score (nSPS) is 14.6. The fourth-order valence-corrected chi connectivity index (χ4v) is 4.84. The van der Waals surface area contributed by atoms with Gasteiger partial charge in [-0.15, -0.1) is 0 Å². The molecule has 7 nitrogen and oxygen atoms in total. The first-order valence-electron chi connectivity index (χ1n) is 12.3. The van der Waals surface area contributed by atoms with E-state index in [9.17, 15) is 4.79 Å². The number of para-hydroxylation sites is 1. The molecule has 186 valence electrons. The number of amides is 1. The lowest BCUT2D eigenvalue weighted by Crippen LogP contribution is -2.39. The van der Waals surface area contributed by atoms with Gasteiger partial charge < -0.3 is 14.8 Å². The summed E-state index contributed by atoms with van der Waals surface area (Å²) in [6, 6.07) is 16.1. The minimum atomic E-state index is 0.0192. The number of aromatic nitrogens is 2. The summed E-state index contributed by atoms with van der Waals surface area (Å²) in [7, 11) is 3.37. The Morgan fingerprint density at radius 2 is 1.69 bits per heavy atom. The van der Waals surface area contributed by atoms with Crippen LogP contribution in [-0.4, -0.2) is 54.4 Å². The van der Waals surface area contributed by atoms with Crippen LogP contribution in [0.4, 0.5) is 5.69 Å². The van der Waals surface area contributed by atoms with Crippen LogP contribution >= 0.6 is 0 Å². The first kappa shape index (κ1) is 24.8.